The number of para-hydroxylation sites is 2. The van der Waals surface area contributed by atoms with Crippen molar-refractivity contribution < 1.29 is 4.74 Å². The Hall–Kier alpha value is -2.08. The van der Waals surface area contributed by atoms with Gasteiger partial charge in [-0.25, -0.2) is 4.98 Å². The maximum atomic E-state index is 5.78. The van der Waals surface area contributed by atoms with Gasteiger partial charge in [-0.1, -0.05) is 26.0 Å². The molecular formula is C20H33N5O. The van der Waals surface area contributed by atoms with Crippen molar-refractivity contribution in [3.63, 3.8) is 0 Å². The van der Waals surface area contributed by atoms with Crippen molar-refractivity contribution in [2.45, 2.75) is 46.1 Å². The maximum Gasteiger partial charge on any atom is 0.190 e. The molecule has 2 rings (SSSR count). The maximum absolute atomic E-state index is 5.78. The largest absolute Gasteiger partial charge is 0.378 e. The van der Waals surface area contributed by atoms with Gasteiger partial charge in [0.2, 0.25) is 0 Å². The molecule has 1 aromatic heterocycles. The lowest BCUT2D eigenvalue weighted by Crippen LogP contribution is -2.39. The van der Waals surface area contributed by atoms with E-state index in [4.69, 9.17) is 4.74 Å². The lowest BCUT2D eigenvalue weighted by atomic mass is 10.0. The Balaban J connectivity index is 1.66. The molecule has 0 saturated carbocycles. The molecular weight excluding hydrogens is 326 g/mol. The molecule has 1 aromatic carbocycles. The number of nitrogens with zero attached hydrogens (tertiary/aromatic N) is 2. The zero-order chi connectivity index (χ0) is 18.8. The van der Waals surface area contributed by atoms with Crippen LogP contribution in [0.3, 0.4) is 0 Å². The molecule has 0 saturated heterocycles. The Kier molecular flexibility index (Phi) is 8.41. The lowest BCUT2D eigenvalue weighted by Gasteiger charge is -2.21. The Morgan fingerprint density at radius 1 is 1.23 bits per heavy atom. The van der Waals surface area contributed by atoms with Crippen molar-refractivity contribution in [2.24, 2.45) is 10.9 Å². The van der Waals surface area contributed by atoms with Crippen molar-refractivity contribution in [3.05, 3.63) is 30.1 Å². The summed E-state index contributed by atoms with van der Waals surface area (Å²) in [6.07, 6.45) is 3.18. The van der Waals surface area contributed by atoms with E-state index in [0.29, 0.717) is 12.0 Å². The summed E-state index contributed by atoms with van der Waals surface area (Å²) in [5.74, 6) is 2.40. The first kappa shape index (κ1) is 20.2. The minimum absolute atomic E-state index is 0.290. The molecule has 0 aliphatic heterocycles. The summed E-state index contributed by atoms with van der Waals surface area (Å²) in [7, 11) is 1.80. The molecule has 1 unspecified atom stereocenters. The summed E-state index contributed by atoms with van der Waals surface area (Å²) in [6, 6.07) is 8.13. The van der Waals surface area contributed by atoms with Crippen molar-refractivity contribution >= 4 is 17.0 Å². The molecule has 0 aliphatic rings. The van der Waals surface area contributed by atoms with E-state index >= 15 is 0 Å². The Morgan fingerprint density at radius 2 is 2.00 bits per heavy atom. The SMILES string of the molecule is CCOC(CCNC(=NC)NCCCc1nc2ccccc2[nH]1)C(C)C. The summed E-state index contributed by atoms with van der Waals surface area (Å²) in [6.45, 7) is 8.92. The van der Waals surface area contributed by atoms with E-state index in [0.717, 1.165) is 61.8 Å². The molecule has 3 N–H and O–H groups in total. The number of H-pyrrole nitrogens is 1. The third kappa shape index (κ3) is 6.33. The molecule has 1 atom stereocenters. The van der Waals surface area contributed by atoms with Gasteiger partial charge in [-0.2, -0.15) is 0 Å². The van der Waals surface area contributed by atoms with E-state index in [1.807, 2.05) is 25.1 Å². The van der Waals surface area contributed by atoms with Crippen LogP contribution in [0.1, 0.15) is 39.4 Å². The summed E-state index contributed by atoms with van der Waals surface area (Å²) in [5.41, 5.74) is 2.13. The van der Waals surface area contributed by atoms with Crippen molar-refractivity contribution in [1.29, 1.82) is 0 Å². The molecule has 0 aliphatic carbocycles. The minimum atomic E-state index is 0.290. The number of fused-ring (bicyclic) bond motifs is 1. The second-order valence-electron chi connectivity index (χ2n) is 6.76. The first-order valence-corrected chi connectivity index (χ1v) is 9.63. The summed E-state index contributed by atoms with van der Waals surface area (Å²) in [4.78, 5) is 12.3. The van der Waals surface area contributed by atoms with Gasteiger partial charge in [0.15, 0.2) is 5.96 Å². The second-order valence-corrected chi connectivity index (χ2v) is 6.76. The molecule has 26 heavy (non-hydrogen) atoms. The van der Waals surface area contributed by atoms with E-state index in [1.54, 1.807) is 7.05 Å². The monoisotopic (exact) mass is 359 g/mol. The number of hydrogen-bond acceptors (Lipinski definition) is 3. The fourth-order valence-electron chi connectivity index (χ4n) is 2.96. The molecule has 144 valence electrons. The average molecular weight is 360 g/mol. The number of imidazole rings is 1. The highest BCUT2D eigenvalue weighted by Crippen LogP contribution is 2.11. The number of aromatic amines is 1. The zero-order valence-electron chi connectivity index (χ0n) is 16.5. The van der Waals surface area contributed by atoms with E-state index < -0.39 is 0 Å². The topological polar surface area (TPSA) is 74.3 Å². The van der Waals surface area contributed by atoms with Gasteiger partial charge in [-0.05, 0) is 37.8 Å². The second kappa shape index (κ2) is 10.8. The highest BCUT2D eigenvalue weighted by Gasteiger charge is 2.12. The molecule has 0 spiro atoms. The van der Waals surface area contributed by atoms with Gasteiger partial charge in [0.05, 0.1) is 17.1 Å². The highest BCUT2D eigenvalue weighted by atomic mass is 16.5. The zero-order valence-corrected chi connectivity index (χ0v) is 16.5. The molecule has 6 nitrogen and oxygen atoms in total. The fraction of sp³-hybridized carbons (Fsp3) is 0.600. The predicted octanol–water partition coefficient (Wildman–Crippen LogP) is 3.11. The number of aryl methyl sites for hydroxylation is 1. The predicted molar refractivity (Wildman–Crippen MR) is 109 cm³/mol. The van der Waals surface area contributed by atoms with Gasteiger partial charge in [0.1, 0.15) is 5.82 Å². The van der Waals surface area contributed by atoms with E-state index in [1.165, 1.54) is 0 Å². The number of nitrogens with one attached hydrogen (secondary N) is 3. The van der Waals surface area contributed by atoms with Crippen molar-refractivity contribution in [3.8, 4) is 0 Å². The summed E-state index contributed by atoms with van der Waals surface area (Å²) in [5, 5.41) is 6.73. The fourth-order valence-corrected chi connectivity index (χ4v) is 2.96. The number of ether oxygens (including phenoxy) is 1. The van der Waals surface area contributed by atoms with Crippen LogP contribution >= 0.6 is 0 Å². The molecule has 0 bridgehead atoms. The number of benzene rings is 1. The lowest BCUT2D eigenvalue weighted by molar-refractivity contribution is 0.0258. The minimum Gasteiger partial charge on any atom is -0.378 e. The van der Waals surface area contributed by atoms with E-state index in [2.05, 4.69) is 45.5 Å². The number of hydrogen-bond donors (Lipinski definition) is 3. The first-order valence-electron chi connectivity index (χ1n) is 9.63. The summed E-state index contributed by atoms with van der Waals surface area (Å²) < 4.78 is 5.78. The number of guanidine groups is 1. The van der Waals surface area contributed by atoms with Gasteiger partial charge in [0.25, 0.3) is 0 Å². The molecule has 0 amide bonds. The van der Waals surface area contributed by atoms with Crippen LogP contribution in [-0.2, 0) is 11.2 Å². The van der Waals surface area contributed by atoms with Crippen LogP contribution < -0.4 is 10.6 Å². The van der Waals surface area contributed by atoms with Gasteiger partial charge >= 0.3 is 0 Å². The van der Waals surface area contributed by atoms with Crippen LogP contribution in [0.5, 0.6) is 0 Å². The third-order valence-corrected chi connectivity index (χ3v) is 4.39. The molecule has 1 heterocycles. The molecule has 0 radical (unpaired) electrons. The van der Waals surface area contributed by atoms with Gasteiger partial charge in [-0.3, -0.25) is 4.99 Å². The third-order valence-electron chi connectivity index (χ3n) is 4.39. The van der Waals surface area contributed by atoms with Crippen LogP contribution in [0.15, 0.2) is 29.3 Å². The van der Waals surface area contributed by atoms with E-state index in [9.17, 15) is 0 Å². The van der Waals surface area contributed by atoms with Crippen molar-refractivity contribution in [1.82, 2.24) is 20.6 Å². The molecule has 0 fully saturated rings. The van der Waals surface area contributed by atoms with Crippen molar-refractivity contribution in [2.75, 3.05) is 26.7 Å². The van der Waals surface area contributed by atoms with Crippen LogP contribution in [0, 0.1) is 5.92 Å². The quantitative estimate of drug-likeness (QED) is 0.346. The Morgan fingerprint density at radius 3 is 2.69 bits per heavy atom. The first-order chi connectivity index (χ1) is 12.6. The summed E-state index contributed by atoms with van der Waals surface area (Å²) >= 11 is 0. The number of aromatic nitrogens is 2. The van der Waals surface area contributed by atoms with Gasteiger partial charge in [0, 0.05) is 33.2 Å². The van der Waals surface area contributed by atoms with Crippen LogP contribution in [0.4, 0.5) is 0 Å². The number of aliphatic imine (C=N–C) groups is 1. The molecule has 2 aromatic rings. The van der Waals surface area contributed by atoms with Crippen LogP contribution in [0.25, 0.3) is 11.0 Å². The molecule has 6 heteroatoms. The van der Waals surface area contributed by atoms with Gasteiger partial charge in [-0.15, -0.1) is 0 Å². The van der Waals surface area contributed by atoms with Gasteiger partial charge < -0.3 is 20.4 Å². The van der Waals surface area contributed by atoms with Crippen LogP contribution in [-0.4, -0.2) is 48.8 Å². The smallest absolute Gasteiger partial charge is 0.190 e. The average Bonchev–Trinajstić information content (AvgIpc) is 3.05. The normalized spacial score (nSPS) is 13.3. The Labute approximate surface area is 156 Å². The van der Waals surface area contributed by atoms with Crippen LogP contribution in [0.2, 0.25) is 0 Å². The highest BCUT2D eigenvalue weighted by molar-refractivity contribution is 5.79. The standard InChI is InChI=1S/C20H33N5O/c1-5-26-18(15(2)3)12-14-23-20(21-4)22-13-8-11-19-24-16-9-6-7-10-17(16)25-19/h6-7,9-10,15,18H,5,8,11-14H2,1-4H3,(H,24,25)(H2,21,22,23). The number of rotatable bonds is 10. The Bertz CT molecular complexity index is 647. The van der Waals surface area contributed by atoms with E-state index in [-0.39, 0.29) is 0 Å².